The van der Waals surface area contributed by atoms with Gasteiger partial charge in [-0.25, -0.2) is 0 Å². The minimum Gasteiger partial charge on any atom is -0.480 e. The van der Waals surface area contributed by atoms with Gasteiger partial charge in [0.2, 0.25) is 11.8 Å². The van der Waals surface area contributed by atoms with Gasteiger partial charge in [-0.1, -0.05) is 20.8 Å². The van der Waals surface area contributed by atoms with Crippen LogP contribution in [-0.2, 0) is 16.8 Å². The molecular weight excluding hydrogens is 246 g/mol. The van der Waals surface area contributed by atoms with Gasteiger partial charge in [-0.3, -0.25) is 9.69 Å². The van der Waals surface area contributed by atoms with E-state index in [9.17, 15) is 4.79 Å². The molecule has 0 aromatic carbocycles. The Kier molecular flexibility index (Phi) is 4.35. The van der Waals surface area contributed by atoms with Crippen LogP contribution in [0.15, 0.2) is 4.42 Å². The summed E-state index contributed by atoms with van der Waals surface area (Å²) in [5, 5.41) is 17.0. The summed E-state index contributed by atoms with van der Waals surface area (Å²) in [6.07, 6.45) is 0. The van der Waals surface area contributed by atoms with Crippen molar-refractivity contribution < 1.29 is 14.3 Å². The number of nitrogens with zero attached hydrogens (tertiary/aromatic N) is 3. The summed E-state index contributed by atoms with van der Waals surface area (Å²) in [7, 11) is 0. The Morgan fingerprint density at radius 1 is 1.21 bits per heavy atom. The second kappa shape index (κ2) is 5.28. The van der Waals surface area contributed by atoms with Gasteiger partial charge in [0, 0.05) is 11.0 Å². The van der Waals surface area contributed by atoms with Crippen LogP contribution in [0.25, 0.3) is 0 Å². The number of aromatic nitrogens is 2. The number of rotatable bonds is 4. The Bertz CT molecular complexity index is 441. The summed E-state index contributed by atoms with van der Waals surface area (Å²) in [6.45, 7) is 12.1. The normalized spacial score (nSPS) is 13.0. The average Bonchev–Trinajstić information content (AvgIpc) is 2.62. The van der Waals surface area contributed by atoms with Crippen molar-refractivity contribution in [2.75, 3.05) is 6.54 Å². The third kappa shape index (κ3) is 4.63. The Labute approximate surface area is 113 Å². The lowest BCUT2D eigenvalue weighted by Gasteiger charge is -2.33. The van der Waals surface area contributed by atoms with E-state index in [1.165, 1.54) is 0 Å². The second-order valence-corrected chi connectivity index (χ2v) is 6.67. The van der Waals surface area contributed by atoms with Crippen molar-refractivity contribution >= 4 is 5.97 Å². The number of carbonyl (C=O) groups is 1. The van der Waals surface area contributed by atoms with Crippen LogP contribution in [0.1, 0.15) is 53.3 Å². The zero-order chi connectivity index (χ0) is 14.8. The van der Waals surface area contributed by atoms with E-state index in [1.54, 1.807) is 4.90 Å². The van der Waals surface area contributed by atoms with E-state index in [1.807, 2.05) is 41.5 Å². The lowest BCUT2D eigenvalue weighted by molar-refractivity contribution is -0.140. The van der Waals surface area contributed by atoms with Gasteiger partial charge in [-0.15, -0.1) is 10.2 Å². The molecule has 19 heavy (non-hydrogen) atoms. The molecule has 0 radical (unpaired) electrons. The minimum absolute atomic E-state index is 0.0588. The van der Waals surface area contributed by atoms with Crippen molar-refractivity contribution in [3.05, 3.63) is 11.8 Å². The van der Waals surface area contributed by atoms with Gasteiger partial charge in [-0.05, 0) is 20.8 Å². The van der Waals surface area contributed by atoms with E-state index < -0.39 is 5.97 Å². The average molecular weight is 269 g/mol. The van der Waals surface area contributed by atoms with Crippen LogP contribution in [0.2, 0.25) is 0 Å². The standard InChI is InChI=1S/C13H23N3O3/c1-12(2,3)11-15-14-9(19-11)7-16(8-10(17)18)13(4,5)6/h7-8H2,1-6H3,(H,17,18). The number of aliphatic carboxylic acids is 1. The van der Waals surface area contributed by atoms with E-state index in [4.69, 9.17) is 9.52 Å². The molecule has 0 fully saturated rings. The van der Waals surface area contributed by atoms with Crippen molar-refractivity contribution in [1.29, 1.82) is 0 Å². The van der Waals surface area contributed by atoms with E-state index >= 15 is 0 Å². The van der Waals surface area contributed by atoms with Crippen LogP contribution < -0.4 is 0 Å². The van der Waals surface area contributed by atoms with Gasteiger partial charge < -0.3 is 9.52 Å². The van der Waals surface area contributed by atoms with Crippen LogP contribution >= 0.6 is 0 Å². The number of carboxylic acids is 1. The van der Waals surface area contributed by atoms with Crippen LogP contribution in [0.4, 0.5) is 0 Å². The fourth-order valence-electron chi connectivity index (χ4n) is 1.48. The summed E-state index contributed by atoms with van der Waals surface area (Å²) < 4.78 is 5.60. The minimum atomic E-state index is -0.870. The van der Waals surface area contributed by atoms with E-state index in [-0.39, 0.29) is 17.5 Å². The molecule has 0 bridgehead atoms. The summed E-state index contributed by atoms with van der Waals surface area (Å²) >= 11 is 0. The molecule has 0 aliphatic carbocycles. The molecule has 1 rings (SSSR count). The molecule has 1 aromatic rings. The molecule has 0 aliphatic rings. The molecule has 1 aromatic heterocycles. The molecule has 0 spiro atoms. The molecule has 6 heteroatoms. The Hall–Kier alpha value is -1.43. The Balaban J connectivity index is 2.85. The summed E-state index contributed by atoms with van der Waals surface area (Å²) in [6, 6.07) is 0. The summed E-state index contributed by atoms with van der Waals surface area (Å²) in [4.78, 5) is 12.7. The lowest BCUT2D eigenvalue weighted by Crippen LogP contribution is -2.43. The zero-order valence-corrected chi connectivity index (χ0v) is 12.5. The Morgan fingerprint density at radius 2 is 1.79 bits per heavy atom. The molecule has 6 nitrogen and oxygen atoms in total. The largest absolute Gasteiger partial charge is 0.480 e. The van der Waals surface area contributed by atoms with Crippen molar-refractivity contribution in [2.45, 2.75) is 59.0 Å². The van der Waals surface area contributed by atoms with Crippen molar-refractivity contribution in [3.8, 4) is 0 Å². The number of carboxylic acid groups (broad SMARTS) is 1. The van der Waals surface area contributed by atoms with E-state index in [2.05, 4.69) is 10.2 Å². The van der Waals surface area contributed by atoms with Gasteiger partial charge >= 0.3 is 5.97 Å². The molecule has 0 atom stereocenters. The maximum atomic E-state index is 10.9. The first-order valence-electron chi connectivity index (χ1n) is 6.30. The highest BCUT2D eigenvalue weighted by Crippen LogP contribution is 2.22. The van der Waals surface area contributed by atoms with Gasteiger partial charge in [0.25, 0.3) is 0 Å². The van der Waals surface area contributed by atoms with Gasteiger partial charge in [0.05, 0.1) is 13.1 Å². The lowest BCUT2D eigenvalue weighted by atomic mass is 9.97. The van der Waals surface area contributed by atoms with E-state index in [0.29, 0.717) is 18.3 Å². The smallest absolute Gasteiger partial charge is 0.317 e. The fourth-order valence-corrected chi connectivity index (χ4v) is 1.48. The van der Waals surface area contributed by atoms with Crippen molar-refractivity contribution in [2.24, 2.45) is 0 Å². The first-order valence-corrected chi connectivity index (χ1v) is 6.30. The monoisotopic (exact) mass is 269 g/mol. The Morgan fingerprint density at radius 3 is 2.16 bits per heavy atom. The van der Waals surface area contributed by atoms with Crippen LogP contribution in [-0.4, -0.2) is 38.3 Å². The third-order valence-electron chi connectivity index (χ3n) is 2.71. The first kappa shape index (κ1) is 15.6. The molecule has 0 amide bonds. The predicted molar refractivity (Wildman–Crippen MR) is 70.8 cm³/mol. The molecule has 0 unspecified atom stereocenters. The molecule has 0 saturated heterocycles. The van der Waals surface area contributed by atoms with Gasteiger partial charge in [-0.2, -0.15) is 0 Å². The fraction of sp³-hybridized carbons (Fsp3) is 0.769. The molecule has 1 N–H and O–H groups in total. The van der Waals surface area contributed by atoms with Gasteiger partial charge in [0.15, 0.2) is 0 Å². The summed E-state index contributed by atoms with van der Waals surface area (Å²) in [5.74, 6) is 0.137. The number of hydrogen-bond acceptors (Lipinski definition) is 5. The van der Waals surface area contributed by atoms with Crippen molar-refractivity contribution in [3.63, 3.8) is 0 Å². The quantitative estimate of drug-likeness (QED) is 0.901. The maximum Gasteiger partial charge on any atom is 0.317 e. The highest BCUT2D eigenvalue weighted by atomic mass is 16.4. The van der Waals surface area contributed by atoms with Gasteiger partial charge in [0.1, 0.15) is 0 Å². The molecule has 0 saturated carbocycles. The molecule has 1 heterocycles. The first-order chi connectivity index (χ1) is 8.50. The second-order valence-electron chi connectivity index (χ2n) is 6.67. The number of hydrogen-bond donors (Lipinski definition) is 1. The molecule has 108 valence electrons. The van der Waals surface area contributed by atoms with Crippen molar-refractivity contribution in [1.82, 2.24) is 15.1 Å². The third-order valence-corrected chi connectivity index (χ3v) is 2.71. The molecule has 0 aliphatic heterocycles. The predicted octanol–water partition coefficient (Wildman–Crippen LogP) is 2.05. The zero-order valence-electron chi connectivity index (χ0n) is 12.5. The maximum absolute atomic E-state index is 10.9. The molecular formula is C13H23N3O3. The SMILES string of the molecule is CC(C)(C)c1nnc(CN(CC(=O)O)C(C)(C)C)o1. The summed E-state index contributed by atoms with van der Waals surface area (Å²) in [5.41, 5.74) is -0.487. The topological polar surface area (TPSA) is 79.5 Å². The van der Waals surface area contributed by atoms with Crippen LogP contribution in [0.5, 0.6) is 0 Å². The highest BCUT2D eigenvalue weighted by Gasteiger charge is 2.27. The van der Waals surface area contributed by atoms with Crippen LogP contribution in [0, 0.1) is 0 Å². The highest BCUT2D eigenvalue weighted by molar-refractivity contribution is 5.69. The van der Waals surface area contributed by atoms with E-state index in [0.717, 1.165) is 0 Å². The van der Waals surface area contributed by atoms with Crippen LogP contribution in [0.3, 0.4) is 0 Å².